The molecule has 0 radical (unpaired) electrons. The molecule has 0 aliphatic carbocycles. The Bertz CT molecular complexity index is 5180. The first-order valence-electron chi connectivity index (χ1n) is 33.4. The summed E-state index contributed by atoms with van der Waals surface area (Å²) >= 11 is 1.88. The number of para-hydroxylation sites is 3. The zero-order valence-electron chi connectivity index (χ0n) is 60.7. The van der Waals surface area contributed by atoms with Crippen molar-refractivity contribution < 1.29 is 8.83 Å². The van der Waals surface area contributed by atoms with Gasteiger partial charge in [-0.1, -0.05) is 124 Å². The smallest absolute Gasteiger partial charge is 0.213 e. The molecule has 17 rings (SSSR count). The highest BCUT2D eigenvalue weighted by Crippen LogP contribution is 2.36. The van der Waals surface area contributed by atoms with Gasteiger partial charge in [0.25, 0.3) is 0 Å². The lowest BCUT2D eigenvalue weighted by Gasteiger charge is -2.07. The number of hydrogen-bond donors (Lipinski definition) is 0. The van der Waals surface area contributed by atoms with E-state index in [4.69, 9.17) is 8.83 Å². The fourth-order valence-electron chi connectivity index (χ4n) is 11.6. The molecule has 0 saturated carbocycles. The van der Waals surface area contributed by atoms with Crippen LogP contribution in [0, 0.1) is 111 Å². The molecule has 0 aliphatic heterocycles. The molecule has 0 N–H and O–H groups in total. The number of hydrogen-bond acceptors (Lipinski definition) is 11. The minimum atomic E-state index is 0.623. The van der Waals surface area contributed by atoms with Crippen LogP contribution in [0.15, 0.2) is 221 Å². The number of aromatic nitrogens is 13. The predicted octanol–water partition coefficient (Wildman–Crippen LogP) is 20.8. The fraction of sp³-hybridized carbons (Fsp3) is 0.214. The second kappa shape index (κ2) is 32.3. The van der Waals surface area contributed by atoms with Crippen LogP contribution in [0.25, 0.3) is 81.0 Å². The number of rotatable bonds is 3. The molecule has 8 heterocycles. The lowest BCUT2D eigenvalue weighted by atomic mass is 10.1. The summed E-state index contributed by atoms with van der Waals surface area (Å²) in [4.78, 5) is 0. The molecule has 0 fully saturated rings. The molecule has 16 heteroatoms. The molecule has 0 atom stereocenters. The number of benzene rings is 9. The van der Waals surface area contributed by atoms with Gasteiger partial charge in [-0.3, -0.25) is 9.25 Å². The molecule has 8 aromatic heterocycles. The van der Waals surface area contributed by atoms with Crippen LogP contribution in [0.3, 0.4) is 0 Å². The number of nitrogens with zero attached hydrogens (tertiary/aromatic N) is 13. The third-order valence-corrected chi connectivity index (χ3v) is 18.0. The van der Waals surface area contributed by atoms with Crippen LogP contribution < -0.4 is 0 Å². The van der Waals surface area contributed by atoms with E-state index >= 15 is 0 Å². The minimum Gasteiger partial charge on any atom is -0.456 e. The van der Waals surface area contributed by atoms with Crippen LogP contribution in [0.1, 0.15) is 91.2 Å². The highest BCUT2D eigenvalue weighted by Gasteiger charge is 2.13. The van der Waals surface area contributed by atoms with Crippen LogP contribution in [0.5, 0.6) is 0 Å². The molecule has 15 nitrogen and oxygen atoms in total. The van der Waals surface area contributed by atoms with Gasteiger partial charge < -0.3 is 18.0 Å². The zero-order valence-corrected chi connectivity index (χ0v) is 61.6. The third-order valence-electron chi connectivity index (χ3n) is 16.8. The van der Waals surface area contributed by atoms with Crippen molar-refractivity contribution in [3.63, 3.8) is 0 Å². The molecule has 9 aromatic carbocycles. The summed E-state index contributed by atoms with van der Waals surface area (Å²) in [5, 5.41) is 39.3. The largest absolute Gasteiger partial charge is 0.456 e. The maximum Gasteiger partial charge on any atom is 0.213 e. The molecule has 0 saturated heterocycles. The number of aryl methyl sites for hydroxylation is 17. The summed E-state index contributed by atoms with van der Waals surface area (Å²) in [6.45, 7) is 32.2. The van der Waals surface area contributed by atoms with E-state index in [0.29, 0.717) is 11.8 Å². The van der Waals surface area contributed by atoms with E-state index < -0.39 is 0 Å². The highest BCUT2D eigenvalue weighted by molar-refractivity contribution is 7.25. The summed E-state index contributed by atoms with van der Waals surface area (Å²) < 4.78 is 23.6. The predicted molar refractivity (Wildman–Crippen MR) is 413 cm³/mol. The van der Waals surface area contributed by atoms with Crippen LogP contribution in [0.4, 0.5) is 0 Å². The summed E-state index contributed by atoms with van der Waals surface area (Å²) in [5.74, 6) is 5.01. The molecule has 100 heavy (non-hydrogen) atoms. The van der Waals surface area contributed by atoms with E-state index in [1.54, 1.807) is 13.8 Å². The molecule has 0 amide bonds. The maximum absolute atomic E-state index is 5.76. The van der Waals surface area contributed by atoms with Gasteiger partial charge in [-0.2, -0.15) is 10.2 Å². The molecule has 0 unspecified atom stereocenters. The Balaban J connectivity index is 0.000000126. The van der Waals surface area contributed by atoms with Crippen molar-refractivity contribution in [1.82, 2.24) is 63.9 Å². The van der Waals surface area contributed by atoms with Crippen molar-refractivity contribution >= 4 is 75.3 Å². The van der Waals surface area contributed by atoms with Gasteiger partial charge in [-0.05, 0) is 218 Å². The Labute approximate surface area is 590 Å². The van der Waals surface area contributed by atoms with Gasteiger partial charge >= 0.3 is 0 Å². The standard InChI is InChI=1S/C20H17N.C14H12O.C14H12S.C11H12N2.C10H11N3.C6H10N2.C5H9N3.C4H6N2O/c1-14-8-10-19-17(12-14)18-13-15(2)9-11-20(18)21(19)16-6-4-3-5-7-16;2*1-9-3-5-13-11(7-9)12-8-10(2)4-6-14(12)15-13;1-9-8-10(2)13(12-9)11-6-4-3-5-7-11;1-8-11-12-9(2)13(8)10-6-4-3-5-7-10;1-5-4-6(2)8(3)7-5;1-4-6-7-5(2)8(4)3;1-3-5-6-4(2)7-3/h3-13H,1-2H3;2*3-8H,1-2H3;3-8H,1-2H3;3-7H,1-2H3;4H,1-3H3;1-3H3;1-2H3. The van der Waals surface area contributed by atoms with Crippen molar-refractivity contribution in [2.24, 2.45) is 14.1 Å². The van der Waals surface area contributed by atoms with Crippen molar-refractivity contribution in [2.45, 2.75) is 111 Å². The molecule has 0 bridgehead atoms. The van der Waals surface area contributed by atoms with Crippen molar-refractivity contribution in [2.75, 3.05) is 0 Å². The first kappa shape index (κ1) is 71.4. The maximum atomic E-state index is 5.76. The average molecular weight is 1340 g/mol. The molecule has 508 valence electrons. The van der Waals surface area contributed by atoms with Crippen molar-refractivity contribution in [3.8, 4) is 17.1 Å². The highest BCUT2D eigenvalue weighted by atomic mass is 32.1. The van der Waals surface area contributed by atoms with Gasteiger partial charge in [-0.15, -0.1) is 41.9 Å². The average Bonchev–Trinajstić information content (AvgIpc) is 1.60. The van der Waals surface area contributed by atoms with Crippen LogP contribution in [-0.2, 0) is 14.1 Å². The van der Waals surface area contributed by atoms with E-state index in [0.717, 1.165) is 57.2 Å². The zero-order chi connectivity index (χ0) is 71.3. The molecule has 17 aromatic rings. The second-order valence-corrected chi connectivity index (χ2v) is 26.4. The fourth-order valence-corrected chi connectivity index (χ4v) is 12.7. The topological polar surface area (TPSA) is 154 Å². The van der Waals surface area contributed by atoms with Crippen molar-refractivity contribution in [1.29, 1.82) is 0 Å². The second-order valence-electron chi connectivity index (χ2n) is 25.3. The summed E-state index contributed by atoms with van der Waals surface area (Å²) in [7, 11) is 3.90. The molecule has 0 spiro atoms. The molecule has 0 aliphatic rings. The molecular formula is C84H89N13O2S. The quantitative estimate of drug-likeness (QED) is 0.167. The number of furan rings is 1. The lowest BCUT2D eigenvalue weighted by molar-refractivity contribution is 0.489. The minimum absolute atomic E-state index is 0.623. The van der Waals surface area contributed by atoms with Gasteiger partial charge in [-0.25, -0.2) is 4.68 Å². The molecular weight excluding hydrogens is 1260 g/mol. The monoisotopic (exact) mass is 1340 g/mol. The Kier molecular flexibility index (Phi) is 23.1. The van der Waals surface area contributed by atoms with Gasteiger partial charge in [0, 0.05) is 92.4 Å². The normalized spacial score (nSPS) is 10.7. The Morgan fingerprint density at radius 1 is 0.300 bits per heavy atom. The van der Waals surface area contributed by atoms with Crippen LogP contribution in [-0.4, -0.2) is 63.9 Å². The third kappa shape index (κ3) is 17.7. The summed E-state index contributed by atoms with van der Waals surface area (Å²) in [5.41, 5.74) is 20.3. The van der Waals surface area contributed by atoms with Gasteiger partial charge in [0.1, 0.15) is 34.5 Å². The Hall–Kier alpha value is -11.4. The van der Waals surface area contributed by atoms with E-state index in [2.05, 4.69) is 245 Å². The lowest BCUT2D eigenvalue weighted by Crippen LogP contribution is -1.98. The van der Waals surface area contributed by atoms with Crippen molar-refractivity contribution in [3.05, 3.63) is 304 Å². The number of thiophene rings is 1. The Morgan fingerprint density at radius 3 is 1.01 bits per heavy atom. The SMILES string of the molecule is Cc1cc(C)n(-c2ccccc2)n1.Cc1cc(C)n(C)n1.Cc1ccc2c(c1)c1cc(C)ccc1n2-c1ccccc1.Cc1ccc2oc3ccc(C)cc3c2c1.Cc1ccc2sc3ccc(C)cc3c2c1.Cc1nnc(C)n1-c1ccccc1.Cc1nnc(C)n1C.Cc1nnc(C)o1. The summed E-state index contributed by atoms with van der Waals surface area (Å²) in [6.07, 6.45) is 0. The van der Waals surface area contributed by atoms with E-state index in [-0.39, 0.29) is 0 Å². The summed E-state index contributed by atoms with van der Waals surface area (Å²) in [6, 6.07) is 74.4. The van der Waals surface area contributed by atoms with E-state index in [1.807, 2.05) is 153 Å². The first-order valence-corrected chi connectivity index (χ1v) is 34.2. The van der Waals surface area contributed by atoms with Gasteiger partial charge in [0.15, 0.2) is 0 Å². The van der Waals surface area contributed by atoms with Crippen LogP contribution in [0.2, 0.25) is 0 Å². The van der Waals surface area contributed by atoms with Crippen LogP contribution >= 0.6 is 11.3 Å². The van der Waals surface area contributed by atoms with Gasteiger partial charge in [0.05, 0.1) is 28.1 Å². The van der Waals surface area contributed by atoms with Gasteiger partial charge in [0.2, 0.25) is 11.8 Å². The number of fused-ring (bicyclic) bond motifs is 9. The first-order chi connectivity index (χ1) is 48.0. The Morgan fingerprint density at radius 2 is 0.660 bits per heavy atom. The van der Waals surface area contributed by atoms with E-state index in [9.17, 15) is 0 Å². The van der Waals surface area contributed by atoms with E-state index in [1.165, 1.54) is 103 Å².